The Morgan fingerprint density at radius 2 is 1.85 bits per heavy atom. The molecule has 4 nitrogen and oxygen atoms in total. The maximum atomic E-state index is 10.9. The molecule has 0 unspecified atom stereocenters. The minimum atomic E-state index is -0.212. The van der Waals surface area contributed by atoms with Gasteiger partial charge in [-0.25, -0.2) is 0 Å². The van der Waals surface area contributed by atoms with Crippen molar-refractivity contribution in [2.24, 2.45) is 0 Å². The second kappa shape index (κ2) is 7.58. The summed E-state index contributed by atoms with van der Waals surface area (Å²) in [5, 5.41) is 2.69. The third kappa shape index (κ3) is 7.31. The van der Waals surface area contributed by atoms with E-state index in [1.54, 1.807) is 0 Å². The molecular formula is C9H17NO3. The van der Waals surface area contributed by atoms with Gasteiger partial charge in [-0.15, -0.1) is 0 Å². The number of esters is 1. The molecule has 0 rings (SSSR count). The lowest BCUT2D eigenvalue weighted by molar-refractivity contribution is -0.140. The van der Waals surface area contributed by atoms with Gasteiger partial charge in [0.15, 0.2) is 0 Å². The van der Waals surface area contributed by atoms with Crippen LogP contribution >= 0.6 is 0 Å². The molecule has 0 radical (unpaired) electrons. The van der Waals surface area contributed by atoms with Crippen molar-refractivity contribution in [3.05, 3.63) is 0 Å². The lowest BCUT2D eigenvalue weighted by Gasteiger charge is -2.01. The molecule has 0 aromatic heterocycles. The summed E-state index contributed by atoms with van der Waals surface area (Å²) in [7, 11) is 1.37. The fourth-order valence-corrected chi connectivity index (χ4v) is 0.943. The van der Waals surface area contributed by atoms with Gasteiger partial charge in [-0.1, -0.05) is 0 Å². The highest BCUT2D eigenvalue weighted by atomic mass is 16.5. The van der Waals surface area contributed by atoms with Gasteiger partial charge in [0.05, 0.1) is 7.11 Å². The molecule has 0 aliphatic carbocycles. The van der Waals surface area contributed by atoms with Crippen LogP contribution in [0.5, 0.6) is 0 Å². The van der Waals surface area contributed by atoms with E-state index in [-0.39, 0.29) is 11.9 Å². The van der Waals surface area contributed by atoms with E-state index >= 15 is 0 Å². The molecule has 0 aliphatic heterocycles. The maximum absolute atomic E-state index is 10.9. The third-order valence-electron chi connectivity index (χ3n) is 1.64. The average Bonchev–Trinajstić information content (AvgIpc) is 2.12. The second-order valence-corrected chi connectivity index (χ2v) is 2.74. The monoisotopic (exact) mass is 187 g/mol. The molecule has 1 N–H and O–H groups in total. The van der Waals surface area contributed by atoms with Crippen LogP contribution in [0.15, 0.2) is 0 Å². The van der Waals surface area contributed by atoms with Crippen molar-refractivity contribution in [1.82, 2.24) is 5.32 Å². The van der Waals surface area contributed by atoms with Crippen LogP contribution in [0, 0.1) is 0 Å². The van der Waals surface area contributed by atoms with Crippen LogP contribution in [0.1, 0.15) is 32.6 Å². The van der Waals surface area contributed by atoms with Crippen molar-refractivity contribution in [3.8, 4) is 0 Å². The van der Waals surface area contributed by atoms with E-state index in [0.717, 1.165) is 6.42 Å². The van der Waals surface area contributed by atoms with Gasteiger partial charge in [-0.3, -0.25) is 9.59 Å². The molecule has 0 aliphatic rings. The summed E-state index contributed by atoms with van der Waals surface area (Å²) in [6, 6.07) is 0. The van der Waals surface area contributed by atoms with Crippen molar-refractivity contribution in [1.29, 1.82) is 0 Å². The Morgan fingerprint density at radius 1 is 1.23 bits per heavy atom. The Bertz CT molecular complexity index is 168. The Hall–Kier alpha value is -1.06. The number of hydrogen-bond donors (Lipinski definition) is 1. The molecule has 0 saturated heterocycles. The van der Waals surface area contributed by atoms with E-state index in [1.165, 1.54) is 7.11 Å². The smallest absolute Gasteiger partial charge is 0.305 e. The van der Waals surface area contributed by atoms with Gasteiger partial charge in [-0.2, -0.15) is 0 Å². The average molecular weight is 187 g/mol. The number of carbonyl (C=O) groups excluding carboxylic acids is 2. The minimum Gasteiger partial charge on any atom is -0.469 e. The zero-order valence-corrected chi connectivity index (χ0v) is 8.26. The molecule has 0 spiro atoms. The standard InChI is InChI=1S/C9H17NO3/c1-3-10-8(11)6-4-5-7-9(12)13-2/h3-7H2,1-2H3,(H,10,11). The van der Waals surface area contributed by atoms with Gasteiger partial charge in [0.1, 0.15) is 0 Å². The molecule has 76 valence electrons. The first kappa shape index (κ1) is 11.9. The summed E-state index contributed by atoms with van der Waals surface area (Å²) >= 11 is 0. The largest absolute Gasteiger partial charge is 0.469 e. The van der Waals surface area contributed by atoms with E-state index in [4.69, 9.17) is 0 Å². The molecule has 0 aromatic carbocycles. The van der Waals surface area contributed by atoms with Gasteiger partial charge < -0.3 is 10.1 Å². The van der Waals surface area contributed by atoms with E-state index in [9.17, 15) is 9.59 Å². The van der Waals surface area contributed by atoms with Crippen LogP contribution in [-0.2, 0) is 14.3 Å². The first-order valence-electron chi connectivity index (χ1n) is 4.54. The van der Waals surface area contributed by atoms with E-state index in [0.29, 0.717) is 25.8 Å². The highest BCUT2D eigenvalue weighted by Gasteiger charge is 2.02. The summed E-state index contributed by atoms with van der Waals surface area (Å²) in [6.07, 6.45) is 2.34. The Kier molecular flexibility index (Phi) is 6.96. The predicted octanol–water partition coefficient (Wildman–Crippen LogP) is 0.856. The fraction of sp³-hybridized carbons (Fsp3) is 0.778. The van der Waals surface area contributed by atoms with Crippen molar-refractivity contribution >= 4 is 11.9 Å². The SMILES string of the molecule is CCNC(=O)CCCCC(=O)OC. The molecule has 0 atom stereocenters. The van der Waals surface area contributed by atoms with Gasteiger partial charge >= 0.3 is 5.97 Å². The number of hydrogen-bond acceptors (Lipinski definition) is 3. The molecule has 0 bridgehead atoms. The van der Waals surface area contributed by atoms with Gasteiger partial charge in [-0.05, 0) is 19.8 Å². The van der Waals surface area contributed by atoms with E-state index in [2.05, 4.69) is 10.1 Å². The van der Waals surface area contributed by atoms with Crippen LogP contribution in [0.3, 0.4) is 0 Å². The number of carbonyl (C=O) groups is 2. The lowest BCUT2D eigenvalue weighted by atomic mass is 10.2. The fourth-order valence-electron chi connectivity index (χ4n) is 0.943. The molecule has 13 heavy (non-hydrogen) atoms. The summed E-state index contributed by atoms with van der Waals surface area (Å²) in [4.78, 5) is 21.6. The maximum Gasteiger partial charge on any atom is 0.305 e. The second-order valence-electron chi connectivity index (χ2n) is 2.74. The number of nitrogens with one attached hydrogen (secondary N) is 1. The summed E-state index contributed by atoms with van der Waals surface area (Å²) in [6.45, 7) is 2.54. The van der Waals surface area contributed by atoms with Crippen LogP contribution in [0.25, 0.3) is 0 Å². The summed E-state index contributed by atoms with van der Waals surface area (Å²) in [5.41, 5.74) is 0. The Morgan fingerprint density at radius 3 is 2.38 bits per heavy atom. The predicted molar refractivity (Wildman–Crippen MR) is 49.2 cm³/mol. The van der Waals surface area contributed by atoms with E-state index < -0.39 is 0 Å². The lowest BCUT2D eigenvalue weighted by Crippen LogP contribution is -2.22. The van der Waals surface area contributed by atoms with Gasteiger partial charge in [0.2, 0.25) is 5.91 Å². The van der Waals surface area contributed by atoms with Crippen molar-refractivity contribution < 1.29 is 14.3 Å². The number of rotatable bonds is 6. The molecule has 0 heterocycles. The molecule has 0 fully saturated rings. The number of methoxy groups -OCH3 is 1. The number of unbranched alkanes of at least 4 members (excludes halogenated alkanes) is 1. The minimum absolute atomic E-state index is 0.0485. The number of ether oxygens (including phenoxy) is 1. The quantitative estimate of drug-likeness (QED) is 0.495. The zero-order valence-electron chi connectivity index (χ0n) is 8.26. The Labute approximate surface area is 78.6 Å². The van der Waals surface area contributed by atoms with E-state index in [1.807, 2.05) is 6.92 Å². The number of amides is 1. The highest BCUT2D eigenvalue weighted by Crippen LogP contribution is 2.00. The molecule has 0 saturated carbocycles. The molecular weight excluding hydrogens is 170 g/mol. The van der Waals surface area contributed by atoms with Crippen molar-refractivity contribution in [2.45, 2.75) is 32.6 Å². The van der Waals surface area contributed by atoms with Gasteiger partial charge in [0.25, 0.3) is 0 Å². The highest BCUT2D eigenvalue weighted by molar-refractivity contribution is 5.75. The Balaban J connectivity index is 3.25. The van der Waals surface area contributed by atoms with Crippen molar-refractivity contribution in [2.75, 3.05) is 13.7 Å². The normalized spacial score (nSPS) is 9.38. The molecule has 4 heteroatoms. The van der Waals surface area contributed by atoms with Crippen molar-refractivity contribution in [3.63, 3.8) is 0 Å². The summed E-state index contributed by atoms with van der Waals surface area (Å²) in [5.74, 6) is -0.164. The zero-order chi connectivity index (χ0) is 10.1. The third-order valence-corrected chi connectivity index (χ3v) is 1.64. The summed E-state index contributed by atoms with van der Waals surface area (Å²) < 4.78 is 4.47. The van der Waals surface area contributed by atoms with Crippen LogP contribution < -0.4 is 5.32 Å². The molecule has 0 aromatic rings. The molecule has 1 amide bonds. The topological polar surface area (TPSA) is 55.4 Å². The van der Waals surface area contributed by atoms with Crippen LogP contribution in [0.4, 0.5) is 0 Å². The van der Waals surface area contributed by atoms with Gasteiger partial charge in [0, 0.05) is 19.4 Å². The first-order chi connectivity index (χ1) is 6.20. The first-order valence-corrected chi connectivity index (χ1v) is 4.54. The van der Waals surface area contributed by atoms with Crippen LogP contribution in [0.2, 0.25) is 0 Å². The van der Waals surface area contributed by atoms with Crippen LogP contribution in [-0.4, -0.2) is 25.5 Å².